The van der Waals surface area contributed by atoms with Crippen molar-refractivity contribution >= 4 is 35.0 Å². The maximum atomic E-state index is 6.01. The molecule has 18 heavy (non-hydrogen) atoms. The third-order valence-electron chi connectivity index (χ3n) is 3.23. The monoisotopic (exact) mass is 305 g/mol. The summed E-state index contributed by atoms with van der Waals surface area (Å²) in [5.74, 6) is 1.63. The van der Waals surface area contributed by atoms with E-state index < -0.39 is 0 Å². The Balaban J connectivity index is 1.90. The van der Waals surface area contributed by atoms with Gasteiger partial charge in [-0.3, -0.25) is 0 Å². The normalized spacial score (nSPS) is 21.2. The Hall–Kier alpha value is 0.0700. The first-order valence-corrected chi connectivity index (χ1v) is 7.77. The third-order valence-corrected chi connectivity index (χ3v) is 5.08. The molecular weight excluding hydrogens is 289 g/mol. The van der Waals surface area contributed by atoms with Crippen molar-refractivity contribution in [2.45, 2.75) is 17.4 Å². The standard InChI is InChI=1S/C13H17Cl2NOS/c1-16-13(9-4-5-17-7-9)8-18-10-2-3-11(14)12(15)6-10/h2-3,6,9,13,16H,4-5,7-8H2,1H3. The maximum absolute atomic E-state index is 6.01. The Bertz CT molecular complexity index is 397. The van der Waals surface area contributed by atoms with Crippen molar-refractivity contribution in [3.8, 4) is 0 Å². The largest absolute Gasteiger partial charge is 0.381 e. The predicted molar refractivity (Wildman–Crippen MR) is 79.0 cm³/mol. The second-order valence-corrected chi connectivity index (χ2v) is 6.31. The summed E-state index contributed by atoms with van der Waals surface area (Å²) in [5.41, 5.74) is 0. The van der Waals surface area contributed by atoms with Crippen molar-refractivity contribution in [2.24, 2.45) is 5.92 Å². The van der Waals surface area contributed by atoms with Gasteiger partial charge in [0.2, 0.25) is 0 Å². The van der Waals surface area contributed by atoms with Gasteiger partial charge in [-0.25, -0.2) is 0 Å². The topological polar surface area (TPSA) is 21.3 Å². The van der Waals surface area contributed by atoms with Gasteiger partial charge in [-0.2, -0.15) is 0 Å². The first kappa shape index (κ1) is 14.5. The highest BCUT2D eigenvalue weighted by molar-refractivity contribution is 7.99. The Kier molecular flexibility index (Phi) is 5.64. The number of hydrogen-bond donors (Lipinski definition) is 1. The maximum Gasteiger partial charge on any atom is 0.0603 e. The molecule has 5 heteroatoms. The van der Waals surface area contributed by atoms with E-state index in [2.05, 4.69) is 5.32 Å². The summed E-state index contributed by atoms with van der Waals surface area (Å²) in [5, 5.41) is 4.60. The van der Waals surface area contributed by atoms with Gasteiger partial charge in [-0.15, -0.1) is 11.8 Å². The molecule has 1 N–H and O–H groups in total. The van der Waals surface area contributed by atoms with E-state index in [0.717, 1.165) is 30.3 Å². The fraction of sp³-hybridized carbons (Fsp3) is 0.538. The quantitative estimate of drug-likeness (QED) is 0.838. The van der Waals surface area contributed by atoms with Crippen LogP contribution in [-0.2, 0) is 4.74 Å². The van der Waals surface area contributed by atoms with Gasteiger partial charge in [0, 0.05) is 29.2 Å². The van der Waals surface area contributed by atoms with Crippen molar-refractivity contribution in [1.82, 2.24) is 5.32 Å². The minimum Gasteiger partial charge on any atom is -0.381 e. The molecule has 0 aromatic heterocycles. The van der Waals surface area contributed by atoms with Crippen LogP contribution in [0.4, 0.5) is 0 Å². The molecule has 0 radical (unpaired) electrons. The van der Waals surface area contributed by atoms with Crippen LogP contribution in [0.1, 0.15) is 6.42 Å². The van der Waals surface area contributed by atoms with Gasteiger partial charge in [0.25, 0.3) is 0 Å². The first-order chi connectivity index (χ1) is 8.70. The van der Waals surface area contributed by atoms with Crippen LogP contribution in [-0.4, -0.2) is 32.1 Å². The molecule has 2 rings (SSSR count). The van der Waals surface area contributed by atoms with Crippen molar-refractivity contribution < 1.29 is 4.74 Å². The lowest BCUT2D eigenvalue weighted by molar-refractivity contribution is 0.180. The lowest BCUT2D eigenvalue weighted by Crippen LogP contribution is -2.36. The molecule has 1 aromatic carbocycles. The van der Waals surface area contributed by atoms with Gasteiger partial charge >= 0.3 is 0 Å². The molecule has 1 saturated heterocycles. The van der Waals surface area contributed by atoms with Gasteiger partial charge in [-0.05, 0) is 31.7 Å². The van der Waals surface area contributed by atoms with E-state index in [-0.39, 0.29) is 0 Å². The van der Waals surface area contributed by atoms with Crippen molar-refractivity contribution in [3.05, 3.63) is 28.2 Å². The molecule has 0 aliphatic carbocycles. The zero-order chi connectivity index (χ0) is 13.0. The van der Waals surface area contributed by atoms with Crippen LogP contribution >= 0.6 is 35.0 Å². The van der Waals surface area contributed by atoms with Crippen molar-refractivity contribution in [1.29, 1.82) is 0 Å². The predicted octanol–water partition coefficient (Wildman–Crippen LogP) is 3.71. The number of nitrogens with one attached hydrogen (secondary N) is 1. The molecule has 1 fully saturated rings. The third kappa shape index (κ3) is 3.78. The molecule has 2 nitrogen and oxygen atoms in total. The summed E-state index contributed by atoms with van der Waals surface area (Å²) in [6.07, 6.45) is 1.15. The Labute approximate surface area is 122 Å². The van der Waals surface area contributed by atoms with Gasteiger partial charge < -0.3 is 10.1 Å². The molecule has 2 unspecified atom stereocenters. The van der Waals surface area contributed by atoms with Gasteiger partial charge in [0.05, 0.1) is 16.7 Å². The molecular formula is C13H17Cl2NOS. The number of rotatable bonds is 5. The molecule has 0 saturated carbocycles. The fourth-order valence-corrected chi connectivity index (χ4v) is 3.62. The number of halogens is 2. The van der Waals surface area contributed by atoms with Crippen LogP contribution < -0.4 is 5.32 Å². The molecule has 1 aliphatic heterocycles. The zero-order valence-corrected chi connectivity index (χ0v) is 12.6. The highest BCUT2D eigenvalue weighted by Gasteiger charge is 2.24. The minimum atomic E-state index is 0.479. The van der Waals surface area contributed by atoms with Crippen LogP contribution in [0.5, 0.6) is 0 Å². The van der Waals surface area contributed by atoms with Crippen molar-refractivity contribution in [2.75, 3.05) is 26.0 Å². The molecule has 100 valence electrons. The Morgan fingerprint density at radius 2 is 2.28 bits per heavy atom. The highest BCUT2D eigenvalue weighted by Crippen LogP contribution is 2.29. The number of thioether (sulfide) groups is 1. The van der Waals surface area contributed by atoms with Gasteiger partial charge in [-0.1, -0.05) is 23.2 Å². The average Bonchev–Trinajstić information content (AvgIpc) is 2.88. The second-order valence-electron chi connectivity index (χ2n) is 4.41. The van der Waals surface area contributed by atoms with Crippen LogP contribution in [0.3, 0.4) is 0 Å². The van der Waals surface area contributed by atoms with Crippen LogP contribution in [0.15, 0.2) is 23.1 Å². The van der Waals surface area contributed by atoms with Crippen LogP contribution in [0.2, 0.25) is 10.0 Å². The molecule has 1 heterocycles. The number of ether oxygens (including phenoxy) is 1. The average molecular weight is 306 g/mol. The summed E-state index contributed by atoms with van der Waals surface area (Å²) < 4.78 is 5.44. The molecule has 0 bridgehead atoms. The minimum absolute atomic E-state index is 0.479. The smallest absolute Gasteiger partial charge is 0.0603 e. The number of benzene rings is 1. The zero-order valence-electron chi connectivity index (χ0n) is 10.3. The Morgan fingerprint density at radius 1 is 1.44 bits per heavy atom. The van der Waals surface area contributed by atoms with E-state index in [1.165, 1.54) is 0 Å². The summed E-state index contributed by atoms with van der Waals surface area (Å²) >= 11 is 13.7. The lowest BCUT2D eigenvalue weighted by atomic mass is 10.0. The Morgan fingerprint density at radius 3 is 2.89 bits per heavy atom. The fourth-order valence-electron chi connectivity index (χ4n) is 2.08. The van der Waals surface area contributed by atoms with Crippen LogP contribution in [0, 0.1) is 5.92 Å². The van der Waals surface area contributed by atoms with E-state index in [4.69, 9.17) is 27.9 Å². The summed E-state index contributed by atoms with van der Waals surface area (Å²) in [7, 11) is 2.01. The van der Waals surface area contributed by atoms with E-state index >= 15 is 0 Å². The van der Waals surface area contributed by atoms with E-state index in [1.807, 2.05) is 25.2 Å². The van der Waals surface area contributed by atoms with Gasteiger partial charge in [0.1, 0.15) is 0 Å². The van der Waals surface area contributed by atoms with Gasteiger partial charge in [0.15, 0.2) is 0 Å². The summed E-state index contributed by atoms with van der Waals surface area (Å²) in [6.45, 7) is 1.76. The molecule has 1 aromatic rings. The summed E-state index contributed by atoms with van der Waals surface area (Å²) in [4.78, 5) is 1.16. The highest BCUT2D eigenvalue weighted by atomic mass is 35.5. The second kappa shape index (κ2) is 7.01. The van der Waals surface area contributed by atoms with E-state index in [1.54, 1.807) is 11.8 Å². The SMILES string of the molecule is CNC(CSc1ccc(Cl)c(Cl)c1)C1CCOC1. The van der Waals surface area contributed by atoms with E-state index in [0.29, 0.717) is 22.0 Å². The first-order valence-electron chi connectivity index (χ1n) is 6.03. The molecule has 0 spiro atoms. The van der Waals surface area contributed by atoms with Crippen molar-refractivity contribution in [3.63, 3.8) is 0 Å². The van der Waals surface area contributed by atoms with E-state index in [9.17, 15) is 0 Å². The lowest BCUT2D eigenvalue weighted by Gasteiger charge is -2.21. The molecule has 2 atom stereocenters. The van der Waals surface area contributed by atoms with Crippen LogP contribution in [0.25, 0.3) is 0 Å². The molecule has 0 amide bonds. The number of hydrogen-bond acceptors (Lipinski definition) is 3. The molecule has 1 aliphatic rings. The summed E-state index contributed by atoms with van der Waals surface area (Å²) in [6, 6.07) is 6.26.